The fraction of sp³-hybridized carbons (Fsp3) is 0. The van der Waals surface area contributed by atoms with Crippen molar-refractivity contribution in [2.45, 2.75) is 0 Å². The van der Waals surface area contributed by atoms with Gasteiger partial charge in [-0.05, 0) is 91.3 Å². The molecule has 162 valence electrons. The number of hydrogen-bond acceptors (Lipinski definition) is 1. The molecule has 1 aliphatic carbocycles. The molecule has 0 atom stereocenters. The zero-order chi connectivity index (χ0) is 23.0. The van der Waals surface area contributed by atoms with Crippen LogP contribution in [0.1, 0.15) is 0 Å². The molecule has 1 aliphatic rings. The van der Waals surface area contributed by atoms with Crippen molar-refractivity contribution in [2.24, 2.45) is 0 Å². The van der Waals surface area contributed by atoms with Crippen LogP contribution in [0.3, 0.4) is 0 Å². The number of hydrogen-bond donors (Lipinski definition) is 0. The summed E-state index contributed by atoms with van der Waals surface area (Å²) in [4.78, 5) is 0. The predicted molar refractivity (Wildman–Crippen MR) is 144 cm³/mol. The molecule has 0 unspecified atom stereocenters. The van der Waals surface area contributed by atoms with Gasteiger partial charge in [-0.15, -0.1) is 0 Å². The average Bonchev–Trinajstić information content (AvgIpc) is 3.24. The third-order valence-electron chi connectivity index (χ3n) is 6.63. The average molecular weight is 570 g/mol. The lowest BCUT2D eigenvalue weighted by Crippen LogP contribution is -1.98. The van der Waals surface area contributed by atoms with E-state index < -0.39 is 0 Å². The quantitative estimate of drug-likeness (QED) is 0.177. The van der Waals surface area contributed by atoms with Gasteiger partial charge in [0.15, 0.2) is 0 Å². The second-order valence-electron chi connectivity index (χ2n) is 8.51. The van der Waals surface area contributed by atoms with Crippen molar-refractivity contribution < 1.29 is 8.81 Å². The summed E-state index contributed by atoms with van der Waals surface area (Å²) in [5.41, 5.74) is 9.70. The smallest absolute Gasteiger partial charge is 0.145 e. The van der Waals surface area contributed by atoms with Crippen LogP contribution in [0.15, 0.2) is 104 Å². The number of rotatable bonds is 0. The molecule has 0 aliphatic heterocycles. The van der Waals surface area contributed by atoms with Crippen molar-refractivity contribution in [3.05, 3.63) is 106 Å². The van der Waals surface area contributed by atoms with Crippen molar-refractivity contribution >= 4 is 53.8 Å². The van der Waals surface area contributed by atoms with Crippen LogP contribution in [-0.2, 0) is 0 Å². The molecule has 0 spiro atoms. The highest BCUT2D eigenvalue weighted by Gasteiger charge is 2.27. The van der Waals surface area contributed by atoms with Gasteiger partial charge in [0.1, 0.15) is 17.0 Å². The van der Waals surface area contributed by atoms with Gasteiger partial charge in [0, 0.05) is 25.3 Å². The normalized spacial score (nSPS) is 12.0. The van der Waals surface area contributed by atoms with E-state index in [-0.39, 0.29) is 5.82 Å². The van der Waals surface area contributed by atoms with Crippen LogP contribution in [0.5, 0.6) is 0 Å². The Labute approximate surface area is 212 Å². The Bertz CT molecular complexity index is 1800. The maximum absolute atomic E-state index is 14.7. The lowest BCUT2D eigenvalue weighted by atomic mass is 9.80. The van der Waals surface area contributed by atoms with Crippen molar-refractivity contribution in [3.63, 3.8) is 0 Å². The molecular formula is C30H15Br2FO. The molecule has 0 bridgehead atoms. The van der Waals surface area contributed by atoms with E-state index in [2.05, 4.69) is 74.3 Å². The molecule has 7 rings (SSSR count). The Balaban J connectivity index is 1.76. The van der Waals surface area contributed by atoms with Crippen molar-refractivity contribution in [2.75, 3.05) is 0 Å². The van der Waals surface area contributed by atoms with Gasteiger partial charge >= 0.3 is 0 Å². The third kappa shape index (κ3) is 2.82. The molecule has 0 radical (unpaired) electrons. The first-order chi connectivity index (χ1) is 16.6. The number of furan rings is 1. The van der Waals surface area contributed by atoms with Crippen LogP contribution >= 0.6 is 31.9 Å². The van der Waals surface area contributed by atoms with Gasteiger partial charge in [-0.1, -0.05) is 70.5 Å². The molecule has 1 heterocycles. The van der Waals surface area contributed by atoms with E-state index in [0.29, 0.717) is 0 Å². The summed E-state index contributed by atoms with van der Waals surface area (Å²) < 4.78 is 23.1. The molecular weight excluding hydrogens is 555 g/mol. The molecule has 1 nitrogen and oxygen atoms in total. The zero-order valence-corrected chi connectivity index (χ0v) is 20.9. The van der Waals surface area contributed by atoms with Crippen LogP contribution in [-0.4, -0.2) is 0 Å². The van der Waals surface area contributed by atoms with Gasteiger partial charge < -0.3 is 4.42 Å². The van der Waals surface area contributed by atoms with E-state index in [9.17, 15) is 4.39 Å². The molecule has 1 aromatic heterocycles. The number of halogens is 3. The number of benzene rings is 5. The number of para-hydroxylation sites is 1. The maximum atomic E-state index is 14.7. The highest BCUT2D eigenvalue weighted by atomic mass is 79.9. The summed E-state index contributed by atoms with van der Waals surface area (Å²) in [6.07, 6.45) is 0. The largest absolute Gasteiger partial charge is 0.455 e. The lowest BCUT2D eigenvalue weighted by Gasteiger charge is -2.23. The van der Waals surface area contributed by atoms with Crippen LogP contribution < -0.4 is 0 Å². The first-order valence-corrected chi connectivity index (χ1v) is 12.5. The van der Waals surface area contributed by atoms with E-state index >= 15 is 0 Å². The Morgan fingerprint density at radius 3 is 2.12 bits per heavy atom. The molecule has 6 aromatic rings. The fourth-order valence-corrected chi connectivity index (χ4v) is 6.20. The highest BCUT2D eigenvalue weighted by molar-refractivity contribution is 9.11. The summed E-state index contributed by atoms with van der Waals surface area (Å²) in [7, 11) is 0. The Morgan fingerprint density at radius 2 is 1.26 bits per heavy atom. The van der Waals surface area contributed by atoms with E-state index in [1.54, 1.807) is 6.07 Å². The Hall–Kier alpha value is -3.21. The summed E-state index contributed by atoms with van der Waals surface area (Å²) in [5.74, 6) is -0.264. The maximum Gasteiger partial charge on any atom is 0.145 e. The van der Waals surface area contributed by atoms with Gasteiger partial charge in [0.05, 0.1) is 0 Å². The third-order valence-corrected chi connectivity index (χ3v) is 7.75. The van der Waals surface area contributed by atoms with Crippen LogP contribution in [0.4, 0.5) is 4.39 Å². The summed E-state index contributed by atoms with van der Waals surface area (Å²) in [6.45, 7) is 0. The van der Waals surface area contributed by atoms with Gasteiger partial charge in [0.25, 0.3) is 0 Å². The second-order valence-corrected chi connectivity index (χ2v) is 10.3. The summed E-state index contributed by atoms with van der Waals surface area (Å²) >= 11 is 7.49. The molecule has 5 aromatic carbocycles. The van der Waals surface area contributed by atoms with Crippen LogP contribution in [0.2, 0.25) is 0 Å². The van der Waals surface area contributed by atoms with Crippen molar-refractivity contribution in [1.82, 2.24) is 0 Å². The minimum Gasteiger partial charge on any atom is -0.455 e. The van der Waals surface area contributed by atoms with E-state index in [1.807, 2.05) is 36.4 Å². The van der Waals surface area contributed by atoms with E-state index in [4.69, 9.17) is 4.42 Å². The first-order valence-electron chi connectivity index (χ1n) is 10.9. The van der Waals surface area contributed by atoms with Gasteiger partial charge in [-0.25, -0.2) is 4.39 Å². The van der Waals surface area contributed by atoms with E-state index in [0.717, 1.165) is 75.4 Å². The van der Waals surface area contributed by atoms with Crippen LogP contribution in [0, 0.1) is 5.82 Å². The van der Waals surface area contributed by atoms with Crippen LogP contribution in [0.25, 0.3) is 66.4 Å². The molecule has 0 amide bonds. The molecule has 0 saturated heterocycles. The van der Waals surface area contributed by atoms with E-state index in [1.165, 1.54) is 6.07 Å². The Morgan fingerprint density at radius 1 is 0.588 bits per heavy atom. The lowest BCUT2D eigenvalue weighted by molar-refractivity contribution is 0.628. The predicted octanol–water partition coefficient (Wildman–Crippen LogP) is 10.2. The summed E-state index contributed by atoms with van der Waals surface area (Å²) in [6, 6.07) is 29.9. The molecule has 0 fully saturated rings. The van der Waals surface area contributed by atoms with Crippen molar-refractivity contribution in [3.8, 4) is 44.5 Å². The number of fused-ring (bicyclic) bond motifs is 12. The fourth-order valence-electron chi connectivity index (χ4n) is 5.22. The zero-order valence-electron chi connectivity index (χ0n) is 17.7. The molecule has 34 heavy (non-hydrogen) atoms. The first kappa shape index (κ1) is 20.2. The van der Waals surface area contributed by atoms with Gasteiger partial charge in [-0.2, -0.15) is 0 Å². The molecule has 0 N–H and O–H groups in total. The topological polar surface area (TPSA) is 13.1 Å². The second kappa shape index (κ2) is 7.39. The van der Waals surface area contributed by atoms with Gasteiger partial charge in [0.2, 0.25) is 0 Å². The minimum absolute atomic E-state index is 0.264. The Kier molecular flexibility index (Phi) is 4.39. The standard InChI is InChI=1S/C30H15Br2FO/c31-16-9-11-21-23(13-16)19-6-2-1-5-18(19)20-12-10-17(33)14-24(20)25-15-26(32)29-22-7-3-4-8-27(22)34-30(29)28(21)25/h1-15H. The SMILES string of the molecule is Fc1ccc2c(c1)-c1cc(Br)c3c(oc4ccccc43)c1-c1ccc(Br)cc1-c1ccccc1-2. The highest BCUT2D eigenvalue weighted by Crippen LogP contribution is 2.52. The minimum atomic E-state index is -0.264. The van der Waals surface area contributed by atoms with Crippen molar-refractivity contribution in [1.29, 1.82) is 0 Å². The molecule has 0 saturated carbocycles. The molecule has 4 heteroatoms. The monoisotopic (exact) mass is 568 g/mol. The summed E-state index contributed by atoms with van der Waals surface area (Å²) in [5, 5.41) is 2.07. The van der Waals surface area contributed by atoms with Gasteiger partial charge in [-0.3, -0.25) is 0 Å².